The summed E-state index contributed by atoms with van der Waals surface area (Å²) in [6.07, 6.45) is 1.88. The monoisotopic (exact) mass is 416 g/mol. The average molecular weight is 418 g/mol. The predicted molar refractivity (Wildman–Crippen MR) is 93.3 cm³/mol. The van der Waals surface area contributed by atoms with Gasteiger partial charge in [0, 0.05) is 17.6 Å². The van der Waals surface area contributed by atoms with Gasteiger partial charge < -0.3 is 15.8 Å². The van der Waals surface area contributed by atoms with Crippen LogP contribution < -0.4 is 15.8 Å². The summed E-state index contributed by atoms with van der Waals surface area (Å²) in [4.78, 5) is 0. The first kappa shape index (κ1) is 16.2. The number of ether oxygens (including phenoxy) is 1. The van der Waals surface area contributed by atoms with E-state index in [9.17, 15) is 0 Å². The number of hydrogen-bond acceptors (Lipinski definition) is 4. The van der Waals surface area contributed by atoms with E-state index in [2.05, 4.69) is 49.2 Å². The lowest BCUT2D eigenvalue weighted by atomic mass is 10.2. The highest BCUT2D eigenvalue weighted by Gasteiger charge is 2.15. The van der Waals surface area contributed by atoms with Gasteiger partial charge in [0.1, 0.15) is 5.75 Å². The Hall–Kier alpha value is -1.21. The van der Waals surface area contributed by atoms with Gasteiger partial charge >= 0.3 is 0 Å². The molecule has 1 heterocycles. The first-order chi connectivity index (χ1) is 9.97. The van der Waals surface area contributed by atoms with Gasteiger partial charge in [-0.2, -0.15) is 5.10 Å². The molecule has 0 spiro atoms. The van der Waals surface area contributed by atoms with Crippen molar-refractivity contribution >= 4 is 49.1 Å². The zero-order chi connectivity index (χ0) is 15.6. The van der Waals surface area contributed by atoms with Crippen molar-refractivity contribution in [2.45, 2.75) is 19.8 Å². The number of halogens is 2. The minimum atomic E-state index is 0.688. The van der Waals surface area contributed by atoms with Gasteiger partial charge in [0.15, 0.2) is 5.82 Å². The normalized spacial score (nSPS) is 10.7. The molecule has 0 aliphatic rings. The number of methoxy groups -OCH3 is 1. The molecule has 0 saturated heterocycles. The minimum Gasteiger partial charge on any atom is -0.495 e. The second kappa shape index (κ2) is 6.70. The molecule has 2 rings (SSSR count). The fourth-order valence-electron chi connectivity index (χ4n) is 2.07. The van der Waals surface area contributed by atoms with Gasteiger partial charge in [-0.05, 0) is 44.3 Å². The van der Waals surface area contributed by atoms with Crippen LogP contribution in [0.15, 0.2) is 21.1 Å². The highest BCUT2D eigenvalue weighted by atomic mass is 79.9. The fourth-order valence-corrected chi connectivity index (χ4v) is 3.33. The van der Waals surface area contributed by atoms with Crippen molar-refractivity contribution in [3.05, 3.63) is 26.8 Å². The van der Waals surface area contributed by atoms with Crippen molar-refractivity contribution < 1.29 is 4.74 Å². The largest absolute Gasteiger partial charge is 0.495 e. The van der Waals surface area contributed by atoms with Gasteiger partial charge in [-0.25, -0.2) is 0 Å². The Balaban J connectivity index is 2.38. The van der Waals surface area contributed by atoms with E-state index in [1.165, 1.54) is 0 Å². The number of nitrogens with zero attached hydrogens (tertiary/aromatic N) is 2. The van der Waals surface area contributed by atoms with Crippen LogP contribution in [0.3, 0.4) is 0 Å². The molecule has 0 radical (unpaired) electrons. The van der Waals surface area contributed by atoms with Gasteiger partial charge in [-0.3, -0.25) is 4.68 Å². The van der Waals surface area contributed by atoms with Crippen LogP contribution in [-0.4, -0.2) is 16.9 Å². The van der Waals surface area contributed by atoms with Crippen LogP contribution >= 0.6 is 31.9 Å². The highest BCUT2D eigenvalue weighted by Crippen LogP contribution is 2.37. The predicted octanol–water partition coefficient (Wildman–Crippen LogP) is 4.23. The molecule has 1 aromatic heterocycles. The molecule has 7 heteroatoms. The lowest BCUT2D eigenvalue weighted by molar-refractivity contribution is 0.412. The van der Waals surface area contributed by atoms with E-state index in [-0.39, 0.29) is 0 Å². The maximum atomic E-state index is 6.19. The summed E-state index contributed by atoms with van der Waals surface area (Å²) in [6.45, 7) is 2.11. The molecule has 2 aromatic rings. The van der Waals surface area contributed by atoms with Crippen LogP contribution in [0.4, 0.5) is 17.2 Å². The number of nitrogens with one attached hydrogen (secondary N) is 1. The Morgan fingerprint density at radius 3 is 2.67 bits per heavy atom. The smallest absolute Gasteiger partial charge is 0.152 e. The summed E-state index contributed by atoms with van der Waals surface area (Å²) in [5.41, 5.74) is 8.66. The van der Waals surface area contributed by atoms with Crippen molar-refractivity contribution in [1.82, 2.24) is 9.78 Å². The van der Waals surface area contributed by atoms with Crippen molar-refractivity contribution in [3.8, 4) is 5.75 Å². The fraction of sp³-hybridized carbons (Fsp3) is 0.357. The summed E-state index contributed by atoms with van der Waals surface area (Å²) in [5.74, 6) is 1.53. The van der Waals surface area contributed by atoms with Gasteiger partial charge in [-0.15, -0.1) is 0 Å². The molecule has 0 aliphatic heterocycles. The summed E-state index contributed by atoms with van der Waals surface area (Å²) in [7, 11) is 3.51. The third-order valence-corrected chi connectivity index (χ3v) is 4.42. The zero-order valence-corrected chi connectivity index (χ0v) is 15.4. The van der Waals surface area contributed by atoms with Crippen molar-refractivity contribution in [3.63, 3.8) is 0 Å². The second-order valence-electron chi connectivity index (χ2n) is 4.67. The maximum Gasteiger partial charge on any atom is 0.152 e. The Morgan fingerprint density at radius 2 is 2.05 bits per heavy atom. The number of aryl methyl sites for hydroxylation is 2. The van der Waals surface area contributed by atoms with Crippen LogP contribution in [0.25, 0.3) is 0 Å². The number of nitrogens with two attached hydrogens (primary N) is 1. The quantitative estimate of drug-likeness (QED) is 0.763. The van der Waals surface area contributed by atoms with Gasteiger partial charge in [0.05, 0.1) is 28.7 Å². The molecule has 0 bridgehead atoms. The first-order valence-corrected chi connectivity index (χ1v) is 8.17. The Bertz CT molecular complexity index is 655. The number of nitrogen functional groups attached to an aromatic ring is 1. The standard InChI is InChI=1S/C14H18Br2N4O/c1-4-5-10-13(17)14(20(2)19-10)18-11-7-12(21-3)9(16)6-8(11)15/h6-7,18H,4-5,17H2,1-3H3. The Morgan fingerprint density at radius 1 is 1.33 bits per heavy atom. The van der Waals surface area contributed by atoms with E-state index in [0.717, 1.165) is 44.7 Å². The van der Waals surface area contributed by atoms with Crippen LogP contribution in [0.5, 0.6) is 5.75 Å². The van der Waals surface area contributed by atoms with Crippen molar-refractivity contribution in [1.29, 1.82) is 0 Å². The van der Waals surface area contributed by atoms with E-state index >= 15 is 0 Å². The molecule has 3 N–H and O–H groups in total. The Labute approximate surface area is 141 Å². The van der Waals surface area contributed by atoms with Gasteiger partial charge in [0.25, 0.3) is 0 Å². The number of anilines is 3. The Kier molecular flexibility index (Phi) is 5.16. The molecule has 0 atom stereocenters. The second-order valence-corrected chi connectivity index (χ2v) is 6.38. The van der Waals surface area contributed by atoms with Gasteiger partial charge in [-0.1, -0.05) is 13.3 Å². The molecule has 0 unspecified atom stereocenters. The van der Waals surface area contributed by atoms with Crippen LogP contribution in [0, 0.1) is 0 Å². The van der Waals surface area contributed by atoms with E-state index in [4.69, 9.17) is 10.5 Å². The SMILES string of the molecule is CCCc1nn(C)c(Nc2cc(OC)c(Br)cc2Br)c1N. The molecular weight excluding hydrogens is 400 g/mol. The van der Waals surface area contributed by atoms with Crippen LogP contribution in [0.2, 0.25) is 0 Å². The summed E-state index contributed by atoms with van der Waals surface area (Å²) < 4.78 is 8.88. The number of rotatable bonds is 5. The van der Waals surface area contributed by atoms with Crippen molar-refractivity contribution in [2.75, 3.05) is 18.2 Å². The lowest BCUT2D eigenvalue weighted by Gasteiger charge is -2.12. The molecular formula is C14H18Br2N4O. The molecule has 114 valence electrons. The molecule has 1 aromatic carbocycles. The minimum absolute atomic E-state index is 0.688. The van der Waals surface area contributed by atoms with Gasteiger partial charge in [0.2, 0.25) is 0 Å². The molecule has 0 amide bonds. The number of aromatic nitrogens is 2. The number of benzene rings is 1. The summed E-state index contributed by atoms with van der Waals surface area (Å²) in [6, 6.07) is 3.83. The third-order valence-electron chi connectivity index (χ3n) is 3.14. The average Bonchev–Trinajstić information content (AvgIpc) is 2.69. The lowest BCUT2D eigenvalue weighted by Crippen LogP contribution is -2.02. The molecule has 0 saturated carbocycles. The highest BCUT2D eigenvalue weighted by molar-refractivity contribution is 9.11. The summed E-state index contributed by atoms with van der Waals surface area (Å²) in [5, 5.41) is 7.78. The maximum absolute atomic E-state index is 6.19. The zero-order valence-electron chi connectivity index (χ0n) is 12.2. The summed E-state index contributed by atoms with van der Waals surface area (Å²) >= 11 is 6.99. The molecule has 5 nitrogen and oxygen atoms in total. The van der Waals surface area contributed by atoms with Crippen LogP contribution in [0.1, 0.15) is 19.0 Å². The third kappa shape index (κ3) is 3.35. The van der Waals surface area contributed by atoms with E-state index in [0.29, 0.717) is 5.69 Å². The van der Waals surface area contributed by atoms with Crippen molar-refractivity contribution in [2.24, 2.45) is 7.05 Å². The first-order valence-electron chi connectivity index (χ1n) is 6.59. The van der Waals surface area contributed by atoms with E-state index < -0.39 is 0 Å². The van der Waals surface area contributed by atoms with Crippen LogP contribution in [-0.2, 0) is 13.5 Å². The topological polar surface area (TPSA) is 65.1 Å². The van der Waals surface area contributed by atoms with E-state index in [1.54, 1.807) is 11.8 Å². The molecule has 0 fully saturated rings. The van der Waals surface area contributed by atoms with E-state index in [1.807, 2.05) is 19.2 Å². The molecule has 21 heavy (non-hydrogen) atoms. The molecule has 0 aliphatic carbocycles. The number of hydrogen-bond donors (Lipinski definition) is 2.